The zero-order valence-corrected chi connectivity index (χ0v) is 22.4. The third kappa shape index (κ3) is 8.52. The largest absolute Gasteiger partial charge is 0.354 e. The van der Waals surface area contributed by atoms with Gasteiger partial charge in [0.05, 0.1) is 0 Å². The first-order valence-corrected chi connectivity index (χ1v) is 13.2. The van der Waals surface area contributed by atoms with Crippen molar-refractivity contribution in [2.45, 2.75) is 51.6 Å². The first-order chi connectivity index (χ1) is 17.0. The molecule has 2 amide bonds. The average Bonchev–Trinajstić information content (AvgIpc) is 2.86. The van der Waals surface area contributed by atoms with Gasteiger partial charge in [-0.3, -0.25) is 9.59 Å². The second-order valence-electron chi connectivity index (χ2n) is 8.59. The van der Waals surface area contributed by atoms with E-state index in [2.05, 4.69) is 28.2 Å². The van der Waals surface area contributed by atoms with E-state index in [4.69, 9.17) is 11.6 Å². The Morgan fingerprint density at radius 2 is 1.69 bits per heavy atom. The van der Waals surface area contributed by atoms with Crippen molar-refractivity contribution in [3.8, 4) is 0 Å². The Bertz CT molecular complexity index is 1110. The van der Waals surface area contributed by atoms with Crippen LogP contribution in [0.15, 0.2) is 83.3 Å². The summed E-state index contributed by atoms with van der Waals surface area (Å²) in [6.45, 7) is 3.03. The van der Waals surface area contributed by atoms with Gasteiger partial charge in [0.15, 0.2) is 0 Å². The summed E-state index contributed by atoms with van der Waals surface area (Å²) < 4.78 is 0.936. The van der Waals surface area contributed by atoms with Crippen molar-refractivity contribution in [1.29, 1.82) is 0 Å². The minimum absolute atomic E-state index is 0.0727. The van der Waals surface area contributed by atoms with Crippen LogP contribution in [0.2, 0.25) is 5.02 Å². The molecule has 0 aliphatic carbocycles. The molecule has 0 fully saturated rings. The maximum Gasteiger partial charge on any atom is 0.243 e. The molecule has 4 nitrogen and oxygen atoms in total. The van der Waals surface area contributed by atoms with E-state index in [0.29, 0.717) is 31.0 Å². The Hall–Kier alpha value is -2.63. The van der Waals surface area contributed by atoms with Crippen molar-refractivity contribution < 1.29 is 9.59 Å². The molecular formula is C29H32BrClN2O2. The Kier molecular flexibility index (Phi) is 10.8. The second-order valence-corrected chi connectivity index (χ2v) is 9.92. The summed E-state index contributed by atoms with van der Waals surface area (Å²) in [6, 6.07) is 24.7. The van der Waals surface area contributed by atoms with Crippen molar-refractivity contribution in [2.75, 3.05) is 6.54 Å². The second kappa shape index (κ2) is 14.1. The fourth-order valence-corrected chi connectivity index (χ4v) is 4.66. The summed E-state index contributed by atoms with van der Waals surface area (Å²) in [7, 11) is 0. The molecule has 0 aliphatic heterocycles. The van der Waals surface area contributed by atoms with E-state index in [1.165, 1.54) is 0 Å². The van der Waals surface area contributed by atoms with Gasteiger partial charge in [-0.2, -0.15) is 0 Å². The number of carbonyl (C=O) groups excluding carboxylic acids is 2. The van der Waals surface area contributed by atoms with Crippen molar-refractivity contribution in [2.24, 2.45) is 0 Å². The summed E-state index contributed by atoms with van der Waals surface area (Å²) in [5, 5.41) is 3.71. The molecule has 0 heterocycles. The maximum atomic E-state index is 13.7. The van der Waals surface area contributed by atoms with Gasteiger partial charge in [0.25, 0.3) is 0 Å². The molecule has 0 saturated carbocycles. The fraction of sp³-hybridized carbons (Fsp3) is 0.310. The van der Waals surface area contributed by atoms with Gasteiger partial charge in [-0.1, -0.05) is 102 Å². The molecule has 0 aliphatic rings. The van der Waals surface area contributed by atoms with Gasteiger partial charge >= 0.3 is 0 Å². The molecule has 0 radical (unpaired) electrons. The molecule has 0 saturated heterocycles. The molecule has 3 aromatic carbocycles. The van der Waals surface area contributed by atoms with Crippen LogP contribution >= 0.6 is 27.5 Å². The molecule has 0 aromatic heterocycles. The lowest BCUT2D eigenvalue weighted by Gasteiger charge is -2.32. The standard InChI is InChI=1S/C29H32BrClN2O2/c1-2-3-18-32-29(35)27(20-22-10-5-4-6-11-22)33(21-23-12-9-14-25(30)19-23)28(34)17-16-24-13-7-8-15-26(24)31/h4-15,19,27H,2-3,16-18,20-21H2,1H3,(H,32,35)/t27-/m0/s1. The number of nitrogens with zero attached hydrogens (tertiary/aromatic N) is 1. The minimum atomic E-state index is -0.619. The van der Waals surface area contributed by atoms with E-state index in [1.807, 2.05) is 78.9 Å². The third-order valence-electron chi connectivity index (χ3n) is 5.91. The molecule has 0 spiro atoms. The number of nitrogens with one attached hydrogen (secondary N) is 1. The number of carbonyl (C=O) groups is 2. The monoisotopic (exact) mass is 554 g/mol. The first kappa shape index (κ1) is 27.0. The molecule has 184 valence electrons. The van der Waals surface area contributed by atoms with Crippen LogP contribution in [0.25, 0.3) is 0 Å². The van der Waals surface area contributed by atoms with E-state index in [1.54, 1.807) is 4.90 Å². The molecule has 3 rings (SSSR count). The number of benzene rings is 3. The van der Waals surface area contributed by atoms with E-state index in [9.17, 15) is 9.59 Å². The smallest absolute Gasteiger partial charge is 0.243 e. The maximum absolute atomic E-state index is 13.7. The van der Waals surface area contributed by atoms with Crippen molar-refractivity contribution in [1.82, 2.24) is 10.2 Å². The predicted molar refractivity (Wildman–Crippen MR) is 146 cm³/mol. The number of hydrogen-bond acceptors (Lipinski definition) is 2. The van der Waals surface area contributed by atoms with Crippen LogP contribution in [-0.2, 0) is 29.0 Å². The quantitative estimate of drug-likeness (QED) is 0.256. The van der Waals surface area contributed by atoms with E-state index < -0.39 is 6.04 Å². The number of rotatable bonds is 12. The lowest BCUT2D eigenvalue weighted by molar-refractivity contribution is -0.141. The van der Waals surface area contributed by atoms with Gasteiger partial charge < -0.3 is 10.2 Å². The van der Waals surface area contributed by atoms with E-state index in [0.717, 1.165) is 34.0 Å². The predicted octanol–water partition coefficient (Wildman–Crippen LogP) is 6.59. The van der Waals surface area contributed by atoms with Crippen molar-refractivity contribution >= 4 is 39.3 Å². The summed E-state index contributed by atoms with van der Waals surface area (Å²) in [5.41, 5.74) is 2.91. The van der Waals surface area contributed by atoms with Crippen molar-refractivity contribution in [3.05, 3.63) is 105 Å². The summed E-state index contributed by atoms with van der Waals surface area (Å²) in [4.78, 5) is 28.8. The zero-order chi connectivity index (χ0) is 25.0. The number of hydrogen-bond donors (Lipinski definition) is 1. The first-order valence-electron chi connectivity index (χ1n) is 12.1. The highest BCUT2D eigenvalue weighted by Crippen LogP contribution is 2.21. The van der Waals surface area contributed by atoms with Crippen LogP contribution in [0.5, 0.6) is 0 Å². The fourth-order valence-electron chi connectivity index (χ4n) is 3.98. The SMILES string of the molecule is CCCCNC(=O)[C@H](Cc1ccccc1)N(Cc1cccc(Br)c1)C(=O)CCc1ccccc1Cl. The molecule has 0 bridgehead atoms. The lowest BCUT2D eigenvalue weighted by Crippen LogP contribution is -2.50. The number of halogens is 2. The summed E-state index contributed by atoms with van der Waals surface area (Å²) in [5.74, 6) is -0.195. The lowest BCUT2D eigenvalue weighted by atomic mass is 10.0. The van der Waals surface area contributed by atoms with Gasteiger partial charge in [0, 0.05) is 35.4 Å². The molecular weight excluding hydrogens is 524 g/mol. The van der Waals surface area contributed by atoms with E-state index in [-0.39, 0.29) is 18.2 Å². The molecule has 0 unspecified atom stereocenters. The Morgan fingerprint density at radius 3 is 2.40 bits per heavy atom. The van der Waals surface area contributed by atoms with Gasteiger partial charge in [-0.25, -0.2) is 0 Å². The van der Waals surface area contributed by atoms with E-state index >= 15 is 0 Å². The Morgan fingerprint density at radius 1 is 0.971 bits per heavy atom. The third-order valence-corrected chi connectivity index (χ3v) is 6.77. The Balaban J connectivity index is 1.89. The highest BCUT2D eigenvalue weighted by molar-refractivity contribution is 9.10. The molecule has 1 atom stereocenters. The Labute approximate surface area is 221 Å². The highest BCUT2D eigenvalue weighted by Gasteiger charge is 2.30. The van der Waals surface area contributed by atoms with Crippen LogP contribution in [0.3, 0.4) is 0 Å². The molecule has 1 N–H and O–H groups in total. The number of aryl methyl sites for hydroxylation is 1. The van der Waals surface area contributed by atoms with Crippen molar-refractivity contribution in [3.63, 3.8) is 0 Å². The van der Waals surface area contributed by atoms with Gasteiger partial charge in [0.2, 0.25) is 11.8 Å². The van der Waals surface area contributed by atoms with Crippen LogP contribution in [0.1, 0.15) is 42.9 Å². The molecule has 3 aromatic rings. The molecule has 35 heavy (non-hydrogen) atoms. The normalized spacial score (nSPS) is 11.6. The van der Waals surface area contributed by atoms with Crippen LogP contribution < -0.4 is 5.32 Å². The zero-order valence-electron chi connectivity index (χ0n) is 20.1. The average molecular weight is 556 g/mol. The number of unbranched alkanes of at least 4 members (excludes halogenated alkanes) is 1. The number of amides is 2. The summed E-state index contributed by atoms with van der Waals surface area (Å²) >= 11 is 9.85. The topological polar surface area (TPSA) is 49.4 Å². The van der Waals surface area contributed by atoms with Gasteiger partial charge in [-0.05, 0) is 47.7 Å². The minimum Gasteiger partial charge on any atom is -0.354 e. The highest BCUT2D eigenvalue weighted by atomic mass is 79.9. The van der Waals surface area contributed by atoms with Crippen LogP contribution in [0.4, 0.5) is 0 Å². The van der Waals surface area contributed by atoms with Gasteiger partial charge in [-0.15, -0.1) is 0 Å². The molecule has 6 heteroatoms. The van der Waals surface area contributed by atoms with Crippen LogP contribution in [0, 0.1) is 0 Å². The summed E-state index contributed by atoms with van der Waals surface area (Å²) in [6.07, 6.45) is 3.12. The van der Waals surface area contributed by atoms with Gasteiger partial charge in [0.1, 0.15) is 6.04 Å². The van der Waals surface area contributed by atoms with Crippen LogP contribution in [-0.4, -0.2) is 29.3 Å².